The quantitative estimate of drug-likeness (QED) is 0.787. The summed E-state index contributed by atoms with van der Waals surface area (Å²) < 4.78 is 11.5. The van der Waals surface area contributed by atoms with E-state index in [-0.39, 0.29) is 6.10 Å². The molecule has 0 bridgehead atoms. The summed E-state index contributed by atoms with van der Waals surface area (Å²) >= 11 is 0. The predicted octanol–water partition coefficient (Wildman–Crippen LogP) is 3.28. The Kier molecular flexibility index (Phi) is 5.18. The van der Waals surface area contributed by atoms with Crippen molar-refractivity contribution in [1.82, 2.24) is 10.3 Å². The zero-order valence-electron chi connectivity index (χ0n) is 12.3. The van der Waals surface area contributed by atoms with Gasteiger partial charge in [0.25, 0.3) is 0 Å². The van der Waals surface area contributed by atoms with Crippen LogP contribution in [-0.2, 0) is 6.42 Å². The number of hydrogen-bond acceptors (Lipinski definition) is 4. The fourth-order valence-electron chi connectivity index (χ4n) is 1.97. The smallest absolute Gasteiger partial charge is 0.194 e. The van der Waals surface area contributed by atoms with Crippen LogP contribution in [0.25, 0.3) is 11.3 Å². The van der Waals surface area contributed by atoms with Gasteiger partial charge in [0.2, 0.25) is 0 Å². The molecule has 1 aromatic heterocycles. The molecule has 1 aromatic carbocycles. The maximum atomic E-state index is 5.78. The minimum absolute atomic E-state index is 0.164. The van der Waals surface area contributed by atoms with E-state index in [4.69, 9.17) is 9.15 Å². The number of aryl methyl sites for hydroxylation is 1. The molecule has 0 fully saturated rings. The largest absolute Gasteiger partial charge is 0.491 e. The van der Waals surface area contributed by atoms with Crippen LogP contribution in [0.2, 0.25) is 0 Å². The van der Waals surface area contributed by atoms with Gasteiger partial charge in [-0.3, -0.25) is 0 Å². The van der Waals surface area contributed by atoms with Crippen molar-refractivity contribution >= 4 is 0 Å². The molecule has 20 heavy (non-hydrogen) atoms. The molecule has 4 nitrogen and oxygen atoms in total. The number of oxazole rings is 1. The lowest BCUT2D eigenvalue weighted by Gasteiger charge is -2.09. The van der Waals surface area contributed by atoms with E-state index in [1.807, 2.05) is 45.2 Å². The molecule has 0 unspecified atom stereocenters. The zero-order valence-corrected chi connectivity index (χ0v) is 12.3. The van der Waals surface area contributed by atoms with Crippen LogP contribution < -0.4 is 10.1 Å². The highest BCUT2D eigenvalue weighted by atomic mass is 16.5. The van der Waals surface area contributed by atoms with E-state index in [0.29, 0.717) is 0 Å². The van der Waals surface area contributed by atoms with Crippen LogP contribution in [0, 0.1) is 0 Å². The van der Waals surface area contributed by atoms with E-state index in [2.05, 4.69) is 10.3 Å². The topological polar surface area (TPSA) is 47.3 Å². The van der Waals surface area contributed by atoms with Crippen LogP contribution in [0.5, 0.6) is 5.75 Å². The van der Waals surface area contributed by atoms with Gasteiger partial charge in [0.15, 0.2) is 11.7 Å². The SMILES string of the molecule is CNCCCc1ncc(-c2cccc(OC(C)C)c2)o1. The minimum Gasteiger partial charge on any atom is -0.491 e. The second kappa shape index (κ2) is 7.10. The molecular formula is C16H22N2O2. The van der Waals surface area contributed by atoms with E-state index in [1.54, 1.807) is 6.20 Å². The molecule has 0 aliphatic heterocycles. The van der Waals surface area contributed by atoms with E-state index < -0.39 is 0 Å². The molecule has 0 saturated carbocycles. The van der Waals surface area contributed by atoms with Crippen molar-refractivity contribution in [2.45, 2.75) is 32.8 Å². The molecular weight excluding hydrogens is 252 g/mol. The Morgan fingerprint density at radius 1 is 1.35 bits per heavy atom. The Morgan fingerprint density at radius 2 is 2.20 bits per heavy atom. The summed E-state index contributed by atoms with van der Waals surface area (Å²) in [5.41, 5.74) is 0.996. The molecule has 2 aromatic rings. The molecule has 0 amide bonds. The monoisotopic (exact) mass is 274 g/mol. The molecule has 108 valence electrons. The van der Waals surface area contributed by atoms with Gasteiger partial charge in [-0.1, -0.05) is 12.1 Å². The van der Waals surface area contributed by atoms with Gasteiger partial charge >= 0.3 is 0 Å². The second-order valence-electron chi connectivity index (χ2n) is 5.02. The zero-order chi connectivity index (χ0) is 14.4. The summed E-state index contributed by atoms with van der Waals surface area (Å²) in [5.74, 6) is 2.43. The summed E-state index contributed by atoms with van der Waals surface area (Å²) in [7, 11) is 1.95. The summed E-state index contributed by atoms with van der Waals surface area (Å²) in [5, 5.41) is 3.12. The average Bonchev–Trinajstić information content (AvgIpc) is 2.87. The number of nitrogens with zero attached hydrogens (tertiary/aromatic N) is 1. The predicted molar refractivity (Wildman–Crippen MR) is 80.0 cm³/mol. The lowest BCUT2D eigenvalue weighted by molar-refractivity contribution is 0.242. The van der Waals surface area contributed by atoms with Crippen LogP contribution in [0.1, 0.15) is 26.2 Å². The van der Waals surface area contributed by atoms with Crippen molar-refractivity contribution in [2.24, 2.45) is 0 Å². The molecule has 1 heterocycles. The van der Waals surface area contributed by atoms with Crippen molar-refractivity contribution < 1.29 is 9.15 Å². The Bertz CT molecular complexity index is 535. The number of benzene rings is 1. The molecule has 0 atom stereocenters. The molecule has 0 aliphatic carbocycles. The number of nitrogens with one attached hydrogen (secondary N) is 1. The Morgan fingerprint density at radius 3 is 2.95 bits per heavy atom. The van der Waals surface area contributed by atoms with Crippen molar-refractivity contribution in [3.05, 3.63) is 36.4 Å². The normalized spacial score (nSPS) is 11.0. The molecule has 0 radical (unpaired) electrons. The number of rotatable bonds is 7. The summed E-state index contributed by atoms with van der Waals surface area (Å²) in [6, 6.07) is 7.91. The highest BCUT2D eigenvalue weighted by Gasteiger charge is 2.07. The molecule has 2 rings (SSSR count). The Balaban J connectivity index is 2.07. The molecule has 0 spiro atoms. The lowest BCUT2D eigenvalue weighted by Crippen LogP contribution is -2.08. The van der Waals surface area contributed by atoms with E-state index in [9.17, 15) is 0 Å². The van der Waals surface area contributed by atoms with E-state index in [1.165, 1.54) is 0 Å². The van der Waals surface area contributed by atoms with Gasteiger partial charge in [-0.05, 0) is 46.0 Å². The van der Waals surface area contributed by atoms with Crippen LogP contribution in [0.4, 0.5) is 0 Å². The maximum absolute atomic E-state index is 5.78. The van der Waals surface area contributed by atoms with Crippen LogP contribution >= 0.6 is 0 Å². The van der Waals surface area contributed by atoms with Crippen LogP contribution in [0.3, 0.4) is 0 Å². The fraction of sp³-hybridized carbons (Fsp3) is 0.438. The standard InChI is InChI=1S/C16H22N2O2/c1-12(2)19-14-7-4-6-13(10-14)15-11-18-16(20-15)8-5-9-17-3/h4,6-7,10-12,17H,5,8-9H2,1-3H3. The number of ether oxygens (including phenoxy) is 1. The third-order valence-electron chi connectivity index (χ3n) is 2.86. The van der Waals surface area contributed by atoms with E-state index in [0.717, 1.165) is 42.4 Å². The first kappa shape index (κ1) is 14.6. The van der Waals surface area contributed by atoms with Crippen LogP contribution in [-0.4, -0.2) is 24.7 Å². The van der Waals surface area contributed by atoms with Gasteiger partial charge in [0.05, 0.1) is 12.3 Å². The summed E-state index contributed by atoms with van der Waals surface area (Å²) in [4.78, 5) is 4.32. The maximum Gasteiger partial charge on any atom is 0.194 e. The first-order valence-corrected chi connectivity index (χ1v) is 7.05. The van der Waals surface area contributed by atoms with Crippen molar-refractivity contribution in [1.29, 1.82) is 0 Å². The first-order chi connectivity index (χ1) is 9.69. The average molecular weight is 274 g/mol. The number of hydrogen-bond donors (Lipinski definition) is 1. The molecule has 0 aliphatic rings. The van der Waals surface area contributed by atoms with Gasteiger partial charge in [-0.15, -0.1) is 0 Å². The minimum atomic E-state index is 0.164. The van der Waals surface area contributed by atoms with Gasteiger partial charge in [-0.25, -0.2) is 4.98 Å². The third-order valence-corrected chi connectivity index (χ3v) is 2.86. The van der Waals surface area contributed by atoms with Crippen molar-refractivity contribution in [3.8, 4) is 17.1 Å². The van der Waals surface area contributed by atoms with Gasteiger partial charge in [0.1, 0.15) is 5.75 Å². The fourth-order valence-corrected chi connectivity index (χ4v) is 1.97. The summed E-state index contributed by atoms with van der Waals surface area (Å²) in [6.45, 7) is 5.00. The van der Waals surface area contributed by atoms with Crippen molar-refractivity contribution in [2.75, 3.05) is 13.6 Å². The molecule has 1 N–H and O–H groups in total. The third kappa shape index (κ3) is 4.10. The van der Waals surface area contributed by atoms with Gasteiger partial charge in [-0.2, -0.15) is 0 Å². The highest BCUT2D eigenvalue weighted by molar-refractivity contribution is 5.58. The molecule has 4 heteroatoms. The number of aromatic nitrogens is 1. The van der Waals surface area contributed by atoms with Gasteiger partial charge < -0.3 is 14.5 Å². The summed E-state index contributed by atoms with van der Waals surface area (Å²) in [6.07, 6.45) is 3.82. The Hall–Kier alpha value is -1.81. The molecule has 0 saturated heterocycles. The lowest BCUT2D eigenvalue weighted by atomic mass is 10.2. The highest BCUT2D eigenvalue weighted by Crippen LogP contribution is 2.25. The van der Waals surface area contributed by atoms with Gasteiger partial charge in [0, 0.05) is 12.0 Å². The van der Waals surface area contributed by atoms with E-state index >= 15 is 0 Å². The second-order valence-corrected chi connectivity index (χ2v) is 5.02. The van der Waals surface area contributed by atoms with Crippen LogP contribution in [0.15, 0.2) is 34.9 Å². The Labute approximate surface area is 120 Å². The first-order valence-electron chi connectivity index (χ1n) is 7.05. The van der Waals surface area contributed by atoms with Crippen molar-refractivity contribution in [3.63, 3.8) is 0 Å².